The van der Waals surface area contributed by atoms with Crippen LogP contribution >= 0.6 is 11.6 Å². The van der Waals surface area contributed by atoms with Gasteiger partial charge >= 0.3 is 0 Å². The van der Waals surface area contributed by atoms with Crippen LogP contribution in [0.1, 0.15) is 5.82 Å². The molecule has 1 aromatic carbocycles. The summed E-state index contributed by atoms with van der Waals surface area (Å²) in [5.74, 6) is -0.914. The van der Waals surface area contributed by atoms with Crippen LogP contribution in [-0.2, 0) is 0 Å². The Balaban J connectivity index is 2.64. The second-order valence-electron chi connectivity index (χ2n) is 2.95. The van der Waals surface area contributed by atoms with E-state index in [0.717, 1.165) is 12.1 Å². The molecule has 0 bridgehead atoms. The second-order valence-corrected chi connectivity index (χ2v) is 3.29. The fourth-order valence-corrected chi connectivity index (χ4v) is 1.52. The molecule has 0 unspecified atom stereocenters. The van der Waals surface area contributed by atoms with Crippen molar-refractivity contribution in [1.29, 1.82) is 0 Å². The maximum absolute atomic E-state index is 13.4. The van der Waals surface area contributed by atoms with Crippen molar-refractivity contribution in [3.8, 4) is 5.69 Å². The van der Waals surface area contributed by atoms with Crippen molar-refractivity contribution in [2.45, 2.75) is 6.92 Å². The van der Waals surface area contributed by atoms with Crippen LogP contribution in [0, 0.1) is 18.6 Å². The van der Waals surface area contributed by atoms with Crippen molar-refractivity contribution in [3.63, 3.8) is 0 Å². The van der Waals surface area contributed by atoms with Gasteiger partial charge in [-0.2, -0.15) is 0 Å². The van der Waals surface area contributed by atoms with E-state index in [1.807, 2.05) is 0 Å². The standard InChI is InChI=1S/C9H6ClF2N3/c1-5-13-14-9(10)15(5)8-3-2-6(11)4-7(8)12/h2-4H,1H3. The number of rotatable bonds is 1. The molecule has 0 aliphatic heterocycles. The van der Waals surface area contributed by atoms with Crippen LogP contribution in [0.3, 0.4) is 0 Å². The van der Waals surface area contributed by atoms with E-state index < -0.39 is 11.6 Å². The van der Waals surface area contributed by atoms with Crippen LogP contribution in [-0.4, -0.2) is 14.8 Å². The molecule has 1 heterocycles. The minimum atomic E-state index is -0.709. The molecule has 0 aliphatic rings. The van der Waals surface area contributed by atoms with E-state index in [2.05, 4.69) is 10.2 Å². The van der Waals surface area contributed by atoms with Gasteiger partial charge in [0.15, 0.2) is 0 Å². The van der Waals surface area contributed by atoms with Gasteiger partial charge in [-0.05, 0) is 30.7 Å². The number of hydrogen-bond acceptors (Lipinski definition) is 2. The van der Waals surface area contributed by atoms with Gasteiger partial charge in [-0.3, -0.25) is 4.57 Å². The topological polar surface area (TPSA) is 30.7 Å². The van der Waals surface area contributed by atoms with Crippen molar-refractivity contribution in [2.75, 3.05) is 0 Å². The Hall–Kier alpha value is -1.49. The zero-order chi connectivity index (χ0) is 11.0. The summed E-state index contributed by atoms with van der Waals surface area (Å²) in [6.45, 7) is 1.63. The number of hydrogen-bond donors (Lipinski definition) is 0. The van der Waals surface area contributed by atoms with Gasteiger partial charge in [0.25, 0.3) is 0 Å². The van der Waals surface area contributed by atoms with E-state index in [4.69, 9.17) is 11.6 Å². The minimum absolute atomic E-state index is 0.0398. The van der Waals surface area contributed by atoms with Gasteiger partial charge in [0, 0.05) is 6.07 Å². The summed E-state index contributed by atoms with van der Waals surface area (Å²) in [5, 5.41) is 7.29. The lowest BCUT2D eigenvalue weighted by Gasteiger charge is -2.06. The lowest BCUT2D eigenvalue weighted by atomic mass is 10.3. The monoisotopic (exact) mass is 229 g/mol. The van der Waals surface area contributed by atoms with Crippen molar-refractivity contribution < 1.29 is 8.78 Å². The molecule has 6 heteroatoms. The largest absolute Gasteiger partial charge is 0.267 e. The van der Waals surface area contributed by atoms with Crippen LogP contribution in [0.4, 0.5) is 8.78 Å². The van der Waals surface area contributed by atoms with Crippen LogP contribution in [0.5, 0.6) is 0 Å². The molecule has 0 radical (unpaired) electrons. The van der Waals surface area contributed by atoms with Crippen LogP contribution < -0.4 is 0 Å². The molecule has 0 fully saturated rings. The zero-order valence-corrected chi connectivity index (χ0v) is 8.46. The first kappa shape index (κ1) is 10.0. The highest BCUT2D eigenvalue weighted by molar-refractivity contribution is 6.28. The Morgan fingerprint density at radius 2 is 2.00 bits per heavy atom. The molecule has 3 nitrogen and oxygen atoms in total. The van der Waals surface area contributed by atoms with E-state index in [0.29, 0.717) is 5.82 Å². The summed E-state index contributed by atoms with van der Waals surface area (Å²) in [4.78, 5) is 0. The molecule has 0 atom stereocenters. The summed E-state index contributed by atoms with van der Waals surface area (Å²) >= 11 is 5.72. The predicted molar refractivity (Wildman–Crippen MR) is 51.0 cm³/mol. The van der Waals surface area contributed by atoms with E-state index in [1.165, 1.54) is 10.6 Å². The van der Waals surface area contributed by atoms with Crippen molar-refractivity contribution in [3.05, 3.63) is 40.9 Å². The molecular weight excluding hydrogens is 224 g/mol. The lowest BCUT2D eigenvalue weighted by Crippen LogP contribution is -2.00. The highest BCUT2D eigenvalue weighted by Gasteiger charge is 2.12. The molecule has 0 saturated heterocycles. The molecule has 2 rings (SSSR count). The first-order chi connectivity index (χ1) is 7.09. The van der Waals surface area contributed by atoms with Crippen molar-refractivity contribution in [2.24, 2.45) is 0 Å². The third-order valence-electron chi connectivity index (χ3n) is 1.94. The zero-order valence-electron chi connectivity index (χ0n) is 7.71. The highest BCUT2D eigenvalue weighted by atomic mass is 35.5. The molecule has 0 N–H and O–H groups in total. The molecule has 2 aromatic rings. The number of benzene rings is 1. The molecule has 0 aliphatic carbocycles. The molecule has 1 aromatic heterocycles. The number of aromatic nitrogens is 3. The molecule has 0 amide bonds. The quantitative estimate of drug-likeness (QED) is 0.752. The Morgan fingerprint density at radius 1 is 1.27 bits per heavy atom. The van der Waals surface area contributed by atoms with E-state index in [-0.39, 0.29) is 11.0 Å². The molecular formula is C9H6ClF2N3. The fourth-order valence-electron chi connectivity index (χ4n) is 1.27. The number of aryl methyl sites for hydroxylation is 1. The minimum Gasteiger partial charge on any atom is -0.267 e. The van der Waals surface area contributed by atoms with Gasteiger partial charge < -0.3 is 0 Å². The molecule has 78 valence electrons. The lowest BCUT2D eigenvalue weighted by molar-refractivity contribution is 0.577. The van der Waals surface area contributed by atoms with Gasteiger partial charge in [0.05, 0.1) is 5.69 Å². The fraction of sp³-hybridized carbons (Fsp3) is 0.111. The van der Waals surface area contributed by atoms with Gasteiger partial charge in [0.1, 0.15) is 17.5 Å². The molecule has 15 heavy (non-hydrogen) atoms. The smallest absolute Gasteiger partial charge is 0.229 e. The number of halogens is 3. The first-order valence-corrected chi connectivity index (χ1v) is 4.50. The van der Waals surface area contributed by atoms with Crippen LogP contribution in [0.2, 0.25) is 5.28 Å². The summed E-state index contributed by atoms with van der Waals surface area (Å²) < 4.78 is 27.4. The van der Waals surface area contributed by atoms with Gasteiger partial charge in [-0.1, -0.05) is 0 Å². The van der Waals surface area contributed by atoms with Crippen molar-refractivity contribution in [1.82, 2.24) is 14.8 Å². The average Bonchev–Trinajstić information content (AvgIpc) is 2.48. The Labute approximate surface area is 89.3 Å². The maximum Gasteiger partial charge on any atom is 0.229 e. The van der Waals surface area contributed by atoms with Gasteiger partial charge in [0.2, 0.25) is 5.28 Å². The highest BCUT2D eigenvalue weighted by Crippen LogP contribution is 2.20. The third-order valence-corrected chi connectivity index (χ3v) is 2.18. The summed E-state index contributed by atoms with van der Waals surface area (Å²) in [7, 11) is 0. The molecule has 0 spiro atoms. The van der Waals surface area contributed by atoms with Gasteiger partial charge in [-0.25, -0.2) is 8.78 Å². The summed E-state index contributed by atoms with van der Waals surface area (Å²) in [5.41, 5.74) is 0.129. The predicted octanol–water partition coefficient (Wildman–Crippen LogP) is 2.51. The average molecular weight is 230 g/mol. The first-order valence-electron chi connectivity index (χ1n) is 4.12. The Bertz CT molecular complexity index is 491. The second kappa shape index (κ2) is 3.58. The summed E-state index contributed by atoms with van der Waals surface area (Å²) in [6.07, 6.45) is 0. The molecule has 0 saturated carbocycles. The van der Waals surface area contributed by atoms with E-state index in [9.17, 15) is 8.78 Å². The Morgan fingerprint density at radius 3 is 2.53 bits per heavy atom. The normalized spacial score (nSPS) is 10.7. The van der Waals surface area contributed by atoms with Crippen LogP contribution in [0.15, 0.2) is 18.2 Å². The van der Waals surface area contributed by atoms with Crippen molar-refractivity contribution >= 4 is 11.6 Å². The Kier molecular flexibility index (Phi) is 2.40. The van der Waals surface area contributed by atoms with E-state index >= 15 is 0 Å². The summed E-state index contributed by atoms with van der Waals surface area (Å²) in [6, 6.07) is 3.21. The number of nitrogens with zero attached hydrogens (tertiary/aromatic N) is 3. The van der Waals surface area contributed by atoms with E-state index in [1.54, 1.807) is 6.92 Å². The van der Waals surface area contributed by atoms with Crippen LogP contribution in [0.25, 0.3) is 5.69 Å². The SMILES string of the molecule is Cc1nnc(Cl)n1-c1ccc(F)cc1F. The van der Waals surface area contributed by atoms with Gasteiger partial charge in [-0.15, -0.1) is 10.2 Å². The third kappa shape index (κ3) is 1.70. The maximum atomic E-state index is 13.4.